The minimum Gasteiger partial charge on any atom is -0.321 e. The van der Waals surface area contributed by atoms with Gasteiger partial charge in [-0.25, -0.2) is 4.98 Å². The summed E-state index contributed by atoms with van der Waals surface area (Å²) in [5, 5.41) is 5.44. The average molecular weight is 337 g/mol. The van der Waals surface area contributed by atoms with Crippen molar-refractivity contribution in [3.05, 3.63) is 65.4 Å². The van der Waals surface area contributed by atoms with Crippen molar-refractivity contribution in [1.29, 1.82) is 0 Å². The molecule has 0 bridgehead atoms. The van der Waals surface area contributed by atoms with Crippen LogP contribution in [0.25, 0.3) is 10.6 Å². The number of thiazole rings is 1. The van der Waals surface area contributed by atoms with Gasteiger partial charge in [0.15, 0.2) is 0 Å². The van der Waals surface area contributed by atoms with Crippen molar-refractivity contribution in [3.63, 3.8) is 0 Å². The minimum absolute atomic E-state index is 0.0933. The number of hydrogen-bond acceptors (Lipinski definition) is 4. The largest absolute Gasteiger partial charge is 0.321 e. The van der Waals surface area contributed by atoms with Gasteiger partial charge in [-0.1, -0.05) is 32.9 Å². The van der Waals surface area contributed by atoms with E-state index < -0.39 is 0 Å². The molecule has 0 aliphatic rings. The number of hydrogen-bond donors (Lipinski definition) is 1. The Balaban J connectivity index is 1.73. The summed E-state index contributed by atoms with van der Waals surface area (Å²) in [5.74, 6) is -0.204. The molecule has 0 saturated carbocycles. The van der Waals surface area contributed by atoms with E-state index in [-0.39, 0.29) is 11.3 Å². The van der Waals surface area contributed by atoms with Crippen molar-refractivity contribution in [2.24, 2.45) is 0 Å². The van der Waals surface area contributed by atoms with E-state index in [1.54, 1.807) is 17.8 Å². The molecule has 1 amide bonds. The predicted octanol–water partition coefficient (Wildman–Crippen LogP) is 4.75. The standard InChI is InChI=1S/C19H19N3OS/c1-19(2,3)14-6-8-15(9-7-14)21-17(23)16-12-24-18(22-16)13-5-4-10-20-11-13/h4-12H,1-3H3,(H,21,23). The quantitative estimate of drug-likeness (QED) is 0.750. The zero-order valence-electron chi connectivity index (χ0n) is 13.9. The van der Waals surface area contributed by atoms with Crippen molar-refractivity contribution in [1.82, 2.24) is 9.97 Å². The van der Waals surface area contributed by atoms with E-state index in [0.29, 0.717) is 5.69 Å². The second-order valence-electron chi connectivity index (χ2n) is 6.56. The zero-order valence-corrected chi connectivity index (χ0v) is 14.7. The Kier molecular flexibility index (Phi) is 4.44. The lowest BCUT2D eigenvalue weighted by Gasteiger charge is -2.19. The summed E-state index contributed by atoms with van der Waals surface area (Å²) in [6.07, 6.45) is 3.46. The monoisotopic (exact) mass is 337 g/mol. The first-order valence-electron chi connectivity index (χ1n) is 7.71. The maximum atomic E-state index is 12.4. The number of pyridine rings is 1. The highest BCUT2D eigenvalue weighted by Gasteiger charge is 2.15. The molecule has 1 aromatic carbocycles. The summed E-state index contributed by atoms with van der Waals surface area (Å²) in [7, 11) is 0. The molecule has 122 valence electrons. The number of nitrogens with one attached hydrogen (secondary N) is 1. The Morgan fingerprint density at radius 3 is 2.50 bits per heavy atom. The van der Waals surface area contributed by atoms with Crippen LogP contribution in [-0.4, -0.2) is 15.9 Å². The van der Waals surface area contributed by atoms with Crippen LogP contribution < -0.4 is 5.32 Å². The van der Waals surface area contributed by atoms with E-state index in [0.717, 1.165) is 16.3 Å². The molecule has 0 unspecified atom stereocenters. The van der Waals surface area contributed by atoms with Gasteiger partial charge in [0.2, 0.25) is 0 Å². The molecular weight excluding hydrogens is 318 g/mol. The summed E-state index contributed by atoms with van der Waals surface area (Å²) in [6.45, 7) is 6.49. The summed E-state index contributed by atoms with van der Waals surface area (Å²) < 4.78 is 0. The topological polar surface area (TPSA) is 54.9 Å². The highest BCUT2D eigenvalue weighted by Crippen LogP contribution is 2.25. The number of aromatic nitrogens is 2. The van der Waals surface area contributed by atoms with Gasteiger partial charge in [-0.05, 0) is 35.2 Å². The normalized spacial score (nSPS) is 11.3. The van der Waals surface area contributed by atoms with Crippen LogP contribution in [0.15, 0.2) is 54.2 Å². The third kappa shape index (κ3) is 3.68. The summed E-state index contributed by atoms with van der Waals surface area (Å²) in [6, 6.07) is 11.7. The molecule has 3 aromatic rings. The number of anilines is 1. The van der Waals surface area contributed by atoms with E-state index in [2.05, 4.69) is 36.1 Å². The van der Waals surface area contributed by atoms with Crippen LogP contribution >= 0.6 is 11.3 Å². The van der Waals surface area contributed by atoms with Crippen molar-refractivity contribution < 1.29 is 4.79 Å². The fraction of sp³-hybridized carbons (Fsp3) is 0.211. The lowest BCUT2D eigenvalue weighted by atomic mass is 9.87. The molecule has 0 atom stereocenters. The third-order valence-electron chi connectivity index (χ3n) is 3.65. The number of carbonyl (C=O) groups excluding carboxylic acids is 1. The average Bonchev–Trinajstić information content (AvgIpc) is 3.05. The Morgan fingerprint density at radius 1 is 1.12 bits per heavy atom. The Morgan fingerprint density at radius 2 is 1.88 bits per heavy atom. The van der Waals surface area contributed by atoms with E-state index >= 15 is 0 Å². The van der Waals surface area contributed by atoms with Gasteiger partial charge in [0.1, 0.15) is 10.7 Å². The number of rotatable bonds is 3. The zero-order chi connectivity index (χ0) is 17.2. The molecular formula is C19H19N3OS. The van der Waals surface area contributed by atoms with Gasteiger partial charge >= 0.3 is 0 Å². The molecule has 0 fully saturated rings. The molecule has 2 heterocycles. The third-order valence-corrected chi connectivity index (χ3v) is 4.55. The molecule has 0 aliphatic heterocycles. The molecule has 24 heavy (non-hydrogen) atoms. The molecule has 1 N–H and O–H groups in total. The summed E-state index contributed by atoms with van der Waals surface area (Å²) in [5.41, 5.74) is 3.42. The highest BCUT2D eigenvalue weighted by molar-refractivity contribution is 7.13. The fourth-order valence-corrected chi connectivity index (χ4v) is 3.04. The van der Waals surface area contributed by atoms with E-state index in [9.17, 15) is 4.79 Å². The first-order valence-corrected chi connectivity index (χ1v) is 8.59. The minimum atomic E-state index is -0.204. The predicted molar refractivity (Wildman–Crippen MR) is 98.4 cm³/mol. The summed E-state index contributed by atoms with van der Waals surface area (Å²) in [4.78, 5) is 20.8. The molecule has 0 saturated heterocycles. The van der Waals surface area contributed by atoms with Gasteiger partial charge in [-0.15, -0.1) is 11.3 Å². The van der Waals surface area contributed by atoms with Gasteiger partial charge in [-0.2, -0.15) is 0 Å². The molecule has 0 aliphatic carbocycles. The van der Waals surface area contributed by atoms with Gasteiger partial charge in [0, 0.05) is 29.0 Å². The van der Waals surface area contributed by atoms with Crippen LogP contribution in [0.5, 0.6) is 0 Å². The van der Waals surface area contributed by atoms with Crippen LogP contribution in [0.4, 0.5) is 5.69 Å². The van der Waals surface area contributed by atoms with Crippen LogP contribution in [-0.2, 0) is 5.41 Å². The van der Waals surface area contributed by atoms with Crippen LogP contribution in [0.1, 0.15) is 36.8 Å². The van der Waals surface area contributed by atoms with Crippen molar-refractivity contribution in [2.45, 2.75) is 26.2 Å². The first kappa shape index (κ1) is 16.3. The van der Waals surface area contributed by atoms with E-state index in [1.165, 1.54) is 16.9 Å². The number of benzene rings is 1. The fourth-order valence-electron chi connectivity index (χ4n) is 2.25. The Bertz CT molecular complexity index is 833. The lowest BCUT2D eigenvalue weighted by Crippen LogP contribution is -2.14. The Labute approximate surface area is 145 Å². The van der Waals surface area contributed by atoms with Gasteiger partial charge < -0.3 is 5.32 Å². The second kappa shape index (κ2) is 6.53. The molecule has 5 heteroatoms. The van der Waals surface area contributed by atoms with Crippen molar-refractivity contribution in [3.8, 4) is 10.6 Å². The summed E-state index contributed by atoms with van der Waals surface area (Å²) >= 11 is 1.44. The molecule has 4 nitrogen and oxygen atoms in total. The second-order valence-corrected chi connectivity index (χ2v) is 7.42. The van der Waals surface area contributed by atoms with Crippen molar-refractivity contribution in [2.75, 3.05) is 5.32 Å². The lowest BCUT2D eigenvalue weighted by molar-refractivity contribution is 0.102. The first-order chi connectivity index (χ1) is 11.4. The SMILES string of the molecule is CC(C)(C)c1ccc(NC(=O)c2csc(-c3cccnc3)n2)cc1. The molecule has 2 aromatic heterocycles. The van der Waals surface area contributed by atoms with Gasteiger partial charge in [-0.3, -0.25) is 9.78 Å². The van der Waals surface area contributed by atoms with Crippen LogP contribution in [0.2, 0.25) is 0 Å². The maximum absolute atomic E-state index is 12.4. The molecule has 0 radical (unpaired) electrons. The van der Waals surface area contributed by atoms with Gasteiger partial charge in [0.25, 0.3) is 5.91 Å². The number of amides is 1. The maximum Gasteiger partial charge on any atom is 0.275 e. The highest BCUT2D eigenvalue weighted by atomic mass is 32.1. The number of carbonyl (C=O) groups is 1. The van der Waals surface area contributed by atoms with E-state index in [1.807, 2.05) is 36.4 Å². The molecule has 3 rings (SSSR count). The van der Waals surface area contributed by atoms with Crippen LogP contribution in [0, 0.1) is 0 Å². The van der Waals surface area contributed by atoms with Crippen LogP contribution in [0.3, 0.4) is 0 Å². The smallest absolute Gasteiger partial charge is 0.275 e. The Hall–Kier alpha value is -2.53. The van der Waals surface area contributed by atoms with Crippen molar-refractivity contribution >= 4 is 22.9 Å². The van der Waals surface area contributed by atoms with Gasteiger partial charge in [0.05, 0.1) is 0 Å². The molecule has 0 spiro atoms. The number of nitrogens with zero attached hydrogens (tertiary/aromatic N) is 2. The van der Waals surface area contributed by atoms with E-state index in [4.69, 9.17) is 0 Å².